The van der Waals surface area contributed by atoms with Gasteiger partial charge < -0.3 is 4.74 Å². The predicted octanol–water partition coefficient (Wildman–Crippen LogP) is 1.08. The lowest BCUT2D eigenvalue weighted by Gasteiger charge is -2.06. The van der Waals surface area contributed by atoms with E-state index in [0.29, 0.717) is 11.4 Å². The number of epoxide rings is 1. The van der Waals surface area contributed by atoms with Gasteiger partial charge in [0.15, 0.2) is 0 Å². The quantitative estimate of drug-likeness (QED) is 0.599. The van der Waals surface area contributed by atoms with Crippen molar-refractivity contribution in [1.82, 2.24) is 0 Å². The van der Waals surface area contributed by atoms with Crippen LogP contribution in [0.5, 0.6) is 0 Å². The molecule has 2 atom stereocenters. The van der Waals surface area contributed by atoms with E-state index in [1.165, 1.54) is 25.7 Å². The number of hydrogen-bond donors (Lipinski definition) is 0. The van der Waals surface area contributed by atoms with Crippen molar-refractivity contribution >= 4 is 10.8 Å². The molecule has 2 nitrogen and oxygen atoms in total. The SMILES string of the molecule is O=S(C[C@@H]1CO1)C1CCCC1. The van der Waals surface area contributed by atoms with Crippen molar-refractivity contribution in [2.75, 3.05) is 12.4 Å². The van der Waals surface area contributed by atoms with Crippen LogP contribution in [0.2, 0.25) is 0 Å². The molecule has 1 unspecified atom stereocenters. The van der Waals surface area contributed by atoms with Gasteiger partial charge in [-0.15, -0.1) is 0 Å². The third-order valence-electron chi connectivity index (χ3n) is 2.43. The second kappa shape index (κ2) is 3.23. The van der Waals surface area contributed by atoms with Crippen LogP contribution in [0.1, 0.15) is 25.7 Å². The second-order valence-electron chi connectivity index (χ2n) is 3.41. The van der Waals surface area contributed by atoms with Crippen LogP contribution in [0.25, 0.3) is 0 Å². The molecule has 1 saturated carbocycles. The summed E-state index contributed by atoms with van der Waals surface area (Å²) in [6, 6.07) is 0. The van der Waals surface area contributed by atoms with Gasteiger partial charge in [-0.25, -0.2) is 0 Å². The zero-order valence-corrected chi connectivity index (χ0v) is 7.44. The Hall–Kier alpha value is 0.110. The van der Waals surface area contributed by atoms with Crippen LogP contribution in [0, 0.1) is 0 Å². The molecule has 2 rings (SSSR count). The van der Waals surface area contributed by atoms with E-state index < -0.39 is 10.8 Å². The van der Waals surface area contributed by atoms with E-state index in [4.69, 9.17) is 4.74 Å². The lowest BCUT2D eigenvalue weighted by atomic mass is 10.4. The summed E-state index contributed by atoms with van der Waals surface area (Å²) < 4.78 is 16.6. The van der Waals surface area contributed by atoms with E-state index in [1.54, 1.807) is 0 Å². The number of rotatable bonds is 3. The van der Waals surface area contributed by atoms with Gasteiger partial charge in [-0.1, -0.05) is 12.8 Å². The topological polar surface area (TPSA) is 29.6 Å². The Morgan fingerprint density at radius 3 is 2.55 bits per heavy atom. The Kier molecular flexibility index (Phi) is 2.28. The molecule has 0 aromatic heterocycles. The summed E-state index contributed by atoms with van der Waals surface area (Å²) in [6.45, 7) is 0.846. The van der Waals surface area contributed by atoms with Crippen LogP contribution in [-0.2, 0) is 15.5 Å². The second-order valence-corrected chi connectivity index (χ2v) is 5.17. The molecule has 3 heteroatoms. The van der Waals surface area contributed by atoms with Crippen LogP contribution in [-0.4, -0.2) is 27.9 Å². The third-order valence-corrected chi connectivity index (χ3v) is 4.34. The maximum Gasteiger partial charge on any atom is 0.0924 e. The van der Waals surface area contributed by atoms with Crippen LogP contribution in [0.4, 0.5) is 0 Å². The molecule has 0 aromatic rings. The predicted molar refractivity (Wildman–Crippen MR) is 45.0 cm³/mol. The minimum Gasteiger partial charge on any atom is -0.372 e. The van der Waals surface area contributed by atoms with Crippen LogP contribution in [0.15, 0.2) is 0 Å². The van der Waals surface area contributed by atoms with E-state index in [-0.39, 0.29) is 0 Å². The summed E-state index contributed by atoms with van der Waals surface area (Å²) >= 11 is 0. The monoisotopic (exact) mass is 174 g/mol. The van der Waals surface area contributed by atoms with E-state index in [9.17, 15) is 4.21 Å². The summed E-state index contributed by atoms with van der Waals surface area (Å²) in [4.78, 5) is 0. The molecule has 1 heterocycles. The van der Waals surface area contributed by atoms with Crippen LogP contribution < -0.4 is 0 Å². The van der Waals surface area contributed by atoms with Gasteiger partial charge in [0.1, 0.15) is 0 Å². The van der Waals surface area contributed by atoms with Crippen molar-refractivity contribution in [2.24, 2.45) is 0 Å². The first kappa shape index (κ1) is 7.74. The number of ether oxygens (including phenoxy) is 1. The highest BCUT2D eigenvalue weighted by Gasteiger charge is 2.29. The van der Waals surface area contributed by atoms with Gasteiger partial charge in [-0.05, 0) is 12.8 Å². The fraction of sp³-hybridized carbons (Fsp3) is 1.00. The van der Waals surface area contributed by atoms with Crippen LogP contribution in [0.3, 0.4) is 0 Å². The van der Waals surface area contributed by atoms with Gasteiger partial charge in [-0.2, -0.15) is 0 Å². The average Bonchev–Trinajstić information content (AvgIpc) is 2.67. The molecule has 0 aromatic carbocycles. The van der Waals surface area contributed by atoms with Gasteiger partial charge in [0.05, 0.1) is 18.5 Å². The highest BCUT2D eigenvalue weighted by molar-refractivity contribution is 7.85. The zero-order chi connectivity index (χ0) is 7.68. The Balaban J connectivity index is 1.77. The molecular weight excluding hydrogens is 160 g/mol. The molecular formula is C8H14O2S. The van der Waals surface area contributed by atoms with E-state index in [1.807, 2.05) is 0 Å². The van der Waals surface area contributed by atoms with Gasteiger partial charge in [0.2, 0.25) is 0 Å². The highest BCUT2D eigenvalue weighted by atomic mass is 32.2. The van der Waals surface area contributed by atoms with Gasteiger partial charge in [0.25, 0.3) is 0 Å². The smallest absolute Gasteiger partial charge is 0.0924 e. The lowest BCUT2D eigenvalue weighted by molar-refractivity contribution is 0.424. The molecule has 64 valence electrons. The minimum atomic E-state index is -0.588. The fourth-order valence-corrected chi connectivity index (χ4v) is 3.32. The Labute approximate surface area is 69.8 Å². The maximum absolute atomic E-state index is 11.5. The average molecular weight is 174 g/mol. The molecule has 0 spiro atoms. The fourth-order valence-electron chi connectivity index (χ4n) is 1.63. The summed E-state index contributed by atoms with van der Waals surface area (Å²) in [7, 11) is -0.588. The first-order valence-electron chi connectivity index (χ1n) is 4.35. The van der Waals surface area contributed by atoms with Crippen molar-refractivity contribution in [3.63, 3.8) is 0 Å². The standard InChI is InChI=1S/C8H14O2S/c9-11(6-7-5-10-7)8-3-1-2-4-8/h7-8H,1-6H2/t7-,11?/m0/s1. The molecule has 0 bridgehead atoms. The van der Waals surface area contributed by atoms with E-state index >= 15 is 0 Å². The summed E-state index contributed by atoms with van der Waals surface area (Å²) in [5.41, 5.74) is 0. The lowest BCUT2D eigenvalue weighted by Crippen LogP contribution is -2.16. The number of hydrogen-bond acceptors (Lipinski definition) is 2. The van der Waals surface area contributed by atoms with E-state index in [0.717, 1.165) is 12.4 Å². The molecule has 11 heavy (non-hydrogen) atoms. The highest BCUT2D eigenvalue weighted by Crippen LogP contribution is 2.24. The summed E-state index contributed by atoms with van der Waals surface area (Å²) in [5, 5.41) is 0.499. The van der Waals surface area contributed by atoms with Crippen molar-refractivity contribution in [2.45, 2.75) is 37.0 Å². The van der Waals surface area contributed by atoms with Crippen molar-refractivity contribution in [1.29, 1.82) is 0 Å². The van der Waals surface area contributed by atoms with Gasteiger partial charge >= 0.3 is 0 Å². The molecule has 2 aliphatic rings. The first-order chi connectivity index (χ1) is 5.36. The maximum atomic E-state index is 11.5. The Morgan fingerprint density at radius 2 is 2.00 bits per heavy atom. The molecule has 1 aliphatic carbocycles. The van der Waals surface area contributed by atoms with Gasteiger partial charge in [0, 0.05) is 16.0 Å². The van der Waals surface area contributed by atoms with E-state index in [2.05, 4.69) is 0 Å². The van der Waals surface area contributed by atoms with Gasteiger partial charge in [-0.3, -0.25) is 4.21 Å². The third kappa shape index (κ3) is 2.03. The Bertz CT molecular complexity index is 159. The molecule has 0 radical (unpaired) electrons. The molecule has 0 N–H and O–H groups in total. The van der Waals surface area contributed by atoms with Crippen LogP contribution >= 0.6 is 0 Å². The summed E-state index contributed by atoms with van der Waals surface area (Å²) in [6.07, 6.45) is 5.26. The zero-order valence-electron chi connectivity index (χ0n) is 6.62. The molecule has 1 saturated heterocycles. The van der Waals surface area contributed by atoms with Crippen molar-refractivity contribution < 1.29 is 8.95 Å². The largest absolute Gasteiger partial charge is 0.372 e. The molecule has 1 aliphatic heterocycles. The molecule has 0 amide bonds. The van der Waals surface area contributed by atoms with Crippen molar-refractivity contribution in [3.8, 4) is 0 Å². The minimum absolute atomic E-state index is 0.344. The molecule has 2 fully saturated rings. The summed E-state index contributed by atoms with van der Waals surface area (Å²) in [5.74, 6) is 0.796. The first-order valence-corrected chi connectivity index (χ1v) is 5.73. The Morgan fingerprint density at radius 1 is 1.36 bits per heavy atom. The van der Waals surface area contributed by atoms with Crippen molar-refractivity contribution in [3.05, 3.63) is 0 Å². The normalized spacial score (nSPS) is 34.0.